The molecule has 2 aromatic rings. The molecule has 0 aromatic heterocycles. The molecule has 1 atom stereocenters. The summed E-state index contributed by atoms with van der Waals surface area (Å²) in [5.41, 5.74) is 0.687. The second kappa shape index (κ2) is 5.18. The van der Waals surface area contributed by atoms with Crippen molar-refractivity contribution in [2.45, 2.75) is 5.60 Å². The lowest BCUT2D eigenvalue weighted by molar-refractivity contribution is 0.0323. The summed E-state index contributed by atoms with van der Waals surface area (Å²) in [5, 5.41) is 9.17. The molecule has 1 amide bonds. The molecule has 0 bridgehead atoms. The molecule has 5 heteroatoms. The number of benzene rings is 2. The van der Waals surface area contributed by atoms with Crippen molar-refractivity contribution in [1.82, 2.24) is 4.90 Å². The normalized spacial score (nSPS) is 21.5. The molecule has 108 valence electrons. The van der Waals surface area contributed by atoms with Gasteiger partial charge in [-0.2, -0.15) is 0 Å². The van der Waals surface area contributed by atoms with E-state index >= 15 is 0 Å². The minimum Gasteiger partial charge on any atom is -0.465 e. The zero-order valence-corrected chi connectivity index (χ0v) is 11.2. The van der Waals surface area contributed by atoms with Crippen molar-refractivity contribution in [3.63, 3.8) is 0 Å². The number of amides is 1. The van der Waals surface area contributed by atoms with E-state index in [1.165, 1.54) is 17.0 Å². The van der Waals surface area contributed by atoms with Gasteiger partial charge in [0, 0.05) is 0 Å². The summed E-state index contributed by atoms with van der Waals surface area (Å²) in [7, 11) is 0. The molecule has 1 unspecified atom stereocenters. The summed E-state index contributed by atoms with van der Waals surface area (Å²) < 4.78 is 19.0. The van der Waals surface area contributed by atoms with Crippen molar-refractivity contribution in [3.8, 4) is 0 Å². The quantitative estimate of drug-likeness (QED) is 0.923. The van der Waals surface area contributed by atoms with Gasteiger partial charge in [-0.05, 0) is 23.3 Å². The van der Waals surface area contributed by atoms with E-state index < -0.39 is 11.7 Å². The van der Waals surface area contributed by atoms with Crippen LogP contribution in [0.1, 0.15) is 11.1 Å². The van der Waals surface area contributed by atoms with Crippen LogP contribution in [0.2, 0.25) is 0 Å². The van der Waals surface area contributed by atoms with Crippen molar-refractivity contribution < 1.29 is 19.0 Å². The molecular weight excluding hydrogens is 273 g/mol. The van der Waals surface area contributed by atoms with Gasteiger partial charge in [-0.25, -0.2) is 9.18 Å². The van der Waals surface area contributed by atoms with Gasteiger partial charge < -0.3 is 9.84 Å². The maximum absolute atomic E-state index is 13.2. The van der Waals surface area contributed by atoms with Crippen LogP contribution in [0.15, 0.2) is 54.6 Å². The van der Waals surface area contributed by atoms with E-state index in [2.05, 4.69) is 0 Å². The molecule has 0 saturated carbocycles. The van der Waals surface area contributed by atoms with Gasteiger partial charge in [0.05, 0.1) is 6.54 Å². The summed E-state index contributed by atoms with van der Waals surface area (Å²) in [5.74, 6) is -0.338. The number of hydrogen-bond acceptors (Lipinski definition) is 2. The Balaban J connectivity index is 2.08. The fourth-order valence-electron chi connectivity index (χ4n) is 2.61. The standard InChI is InChI=1S/C16H14FNO3/c17-14-8-6-13(7-9-14)16(12-4-2-1-3-5-12)10-18(11-21-16)15(19)20/h1-9H,10-11H2,(H,19,20). The highest BCUT2D eigenvalue weighted by molar-refractivity contribution is 5.65. The van der Waals surface area contributed by atoms with Crippen molar-refractivity contribution in [2.24, 2.45) is 0 Å². The molecular formula is C16H14FNO3. The van der Waals surface area contributed by atoms with Crippen LogP contribution in [-0.2, 0) is 10.3 Å². The van der Waals surface area contributed by atoms with Gasteiger partial charge in [0.25, 0.3) is 0 Å². The Bertz CT molecular complexity index is 644. The first-order chi connectivity index (χ1) is 10.1. The first kappa shape index (κ1) is 13.6. The number of carbonyl (C=O) groups is 1. The number of rotatable bonds is 2. The Morgan fingerprint density at radius 2 is 1.71 bits per heavy atom. The smallest absolute Gasteiger partial charge is 0.409 e. The lowest BCUT2D eigenvalue weighted by atomic mass is 9.86. The van der Waals surface area contributed by atoms with Crippen molar-refractivity contribution in [3.05, 3.63) is 71.5 Å². The van der Waals surface area contributed by atoms with E-state index in [4.69, 9.17) is 9.84 Å². The molecule has 0 spiro atoms. The Labute approximate surface area is 121 Å². The van der Waals surface area contributed by atoms with Crippen LogP contribution in [0.25, 0.3) is 0 Å². The average Bonchev–Trinajstić information content (AvgIpc) is 2.96. The highest BCUT2D eigenvalue weighted by Gasteiger charge is 2.44. The maximum atomic E-state index is 13.2. The predicted molar refractivity (Wildman–Crippen MR) is 74.3 cm³/mol. The van der Waals surface area contributed by atoms with Gasteiger partial charge in [-0.1, -0.05) is 42.5 Å². The second-order valence-electron chi connectivity index (χ2n) is 4.95. The molecule has 1 heterocycles. The van der Waals surface area contributed by atoms with Gasteiger partial charge in [0.2, 0.25) is 0 Å². The van der Waals surface area contributed by atoms with Gasteiger partial charge in [0.1, 0.15) is 18.1 Å². The monoisotopic (exact) mass is 287 g/mol. The highest BCUT2D eigenvalue weighted by atomic mass is 19.1. The minimum atomic E-state index is -1.03. The Morgan fingerprint density at radius 3 is 2.29 bits per heavy atom. The Hall–Kier alpha value is -2.40. The van der Waals surface area contributed by atoms with Crippen molar-refractivity contribution in [2.75, 3.05) is 13.3 Å². The third-order valence-electron chi connectivity index (χ3n) is 3.70. The van der Waals surface area contributed by atoms with Crippen LogP contribution in [-0.4, -0.2) is 29.4 Å². The summed E-state index contributed by atoms with van der Waals surface area (Å²) in [4.78, 5) is 12.4. The first-order valence-electron chi connectivity index (χ1n) is 6.55. The molecule has 21 heavy (non-hydrogen) atoms. The molecule has 0 aliphatic carbocycles. The largest absolute Gasteiger partial charge is 0.465 e. The molecule has 1 saturated heterocycles. The summed E-state index contributed by atoms with van der Waals surface area (Å²) in [6.45, 7) is 0.166. The maximum Gasteiger partial charge on any atom is 0.409 e. The number of nitrogens with zero attached hydrogens (tertiary/aromatic N) is 1. The fourth-order valence-corrected chi connectivity index (χ4v) is 2.61. The fraction of sp³-hybridized carbons (Fsp3) is 0.188. The Kier molecular flexibility index (Phi) is 3.35. The third-order valence-corrected chi connectivity index (χ3v) is 3.70. The van der Waals surface area contributed by atoms with Gasteiger partial charge >= 0.3 is 6.09 Å². The summed E-state index contributed by atoms with van der Waals surface area (Å²) >= 11 is 0. The number of hydrogen-bond donors (Lipinski definition) is 1. The average molecular weight is 287 g/mol. The highest BCUT2D eigenvalue weighted by Crippen LogP contribution is 2.38. The van der Waals surface area contributed by atoms with Crippen LogP contribution in [0.4, 0.5) is 9.18 Å². The van der Waals surface area contributed by atoms with Gasteiger partial charge in [0.15, 0.2) is 0 Å². The summed E-state index contributed by atoms with van der Waals surface area (Å²) in [6, 6.07) is 15.4. The molecule has 1 aliphatic heterocycles. The van der Waals surface area contributed by atoms with E-state index in [1.54, 1.807) is 12.1 Å². The molecule has 1 fully saturated rings. The molecule has 2 aromatic carbocycles. The number of carboxylic acid groups (broad SMARTS) is 1. The van der Waals surface area contributed by atoms with E-state index in [1.807, 2.05) is 30.3 Å². The first-order valence-corrected chi connectivity index (χ1v) is 6.55. The summed E-state index contributed by atoms with van der Waals surface area (Å²) in [6.07, 6.45) is -1.03. The zero-order valence-electron chi connectivity index (χ0n) is 11.2. The predicted octanol–water partition coefficient (Wildman–Crippen LogP) is 3.04. The van der Waals surface area contributed by atoms with Crippen LogP contribution in [0.5, 0.6) is 0 Å². The van der Waals surface area contributed by atoms with E-state index in [9.17, 15) is 9.18 Å². The lowest BCUT2D eigenvalue weighted by Crippen LogP contribution is -2.35. The molecule has 1 N–H and O–H groups in total. The van der Waals surface area contributed by atoms with E-state index in [0.29, 0.717) is 0 Å². The van der Waals surface area contributed by atoms with Gasteiger partial charge in [-0.3, -0.25) is 4.90 Å². The topological polar surface area (TPSA) is 49.8 Å². The molecule has 1 aliphatic rings. The number of halogens is 1. The van der Waals surface area contributed by atoms with Crippen molar-refractivity contribution >= 4 is 6.09 Å². The molecule has 4 nitrogen and oxygen atoms in total. The number of ether oxygens (including phenoxy) is 1. The van der Waals surface area contributed by atoms with Crippen LogP contribution >= 0.6 is 0 Å². The second-order valence-corrected chi connectivity index (χ2v) is 4.95. The third kappa shape index (κ3) is 2.36. The Morgan fingerprint density at radius 1 is 1.10 bits per heavy atom. The zero-order chi connectivity index (χ0) is 14.9. The van der Waals surface area contributed by atoms with Crippen LogP contribution in [0.3, 0.4) is 0 Å². The molecule has 0 radical (unpaired) electrons. The SMILES string of the molecule is O=C(O)N1COC(c2ccccc2)(c2ccc(F)cc2)C1. The minimum absolute atomic E-state index is 0.0123. The lowest BCUT2D eigenvalue weighted by Gasteiger charge is -2.28. The van der Waals surface area contributed by atoms with E-state index in [-0.39, 0.29) is 19.1 Å². The van der Waals surface area contributed by atoms with E-state index in [0.717, 1.165) is 11.1 Å². The van der Waals surface area contributed by atoms with Crippen molar-refractivity contribution in [1.29, 1.82) is 0 Å². The van der Waals surface area contributed by atoms with Crippen LogP contribution in [0, 0.1) is 5.82 Å². The van der Waals surface area contributed by atoms with Crippen LogP contribution < -0.4 is 0 Å². The molecule has 3 rings (SSSR count). The van der Waals surface area contributed by atoms with Gasteiger partial charge in [-0.15, -0.1) is 0 Å².